The van der Waals surface area contributed by atoms with Crippen LogP contribution in [-0.4, -0.2) is 18.3 Å². The number of rotatable bonds is 6. The minimum atomic E-state index is 0.301. The van der Waals surface area contributed by atoms with E-state index in [-0.39, 0.29) is 0 Å². The Labute approximate surface area is 86.0 Å². The molecule has 0 bridgehead atoms. The van der Waals surface area contributed by atoms with Crippen LogP contribution in [0.4, 0.5) is 5.69 Å². The molecule has 0 aliphatic heterocycles. The number of hydrogen-bond acceptors (Lipinski definition) is 2. The topological polar surface area (TPSA) is 32.3 Å². The molecular weight excluding hydrogens is 174 g/mol. The molecule has 0 spiro atoms. The highest BCUT2D eigenvalue weighted by atomic mass is 16.2. The summed E-state index contributed by atoms with van der Waals surface area (Å²) >= 11 is 0. The number of hydrogen-bond donors (Lipinski definition) is 2. The first-order valence-electron chi connectivity index (χ1n) is 5.30. The Balaban J connectivity index is 2.38. The predicted molar refractivity (Wildman–Crippen MR) is 60.6 cm³/mol. The van der Waals surface area contributed by atoms with Crippen molar-refractivity contribution >= 4 is 5.69 Å². The maximum atomic E-state index is 8.65. The summed E-state index contributed by atoms with van der Waals surface area (Å²) in [4.78, 5) is 0. The van der Waals surface area contributed by atoms with Crippen LogP contribution in [0.1, 0.15) is 25.3 Å². The van der Waals surface area contributed by atoms with E-state index in [0.29, 0.717) is 6.61 Å². The van der Waals surface area contributed by atoms with Crippen LogP contribution in [0.15, 0.2) is 24.3 Å². The second kappa shape index (κ2) is 6.44. The van der Waals surface area contributed by atoms with Gasteiger partial charge in [-0.05, 0) is 43.9 Å². The van der Waals surface area contributed by atoms with Crippen molar-refractivity contribution in [3.05, 3.63) is 29.8 Å². The second-order valence-corrected chi connectivity index (χ2v) is 3.41. The smallest absolute Gasteiger partial charge is 0.0431 e. The molecule has 78 valence electrons. The van der Waals surface area contributed by atoms with Crippen LogP contribution in [0.3, 0.4) is 0 Å². The highest BCUT2D eigenvalue weighted by Gasteiger charge is 1.93. The minimum Gasteiger partial charge on any atom is -0.396 e. The van der Waals surface area contributed by atoms with Crippen molar-refractivity contribution in [1.82, 2.24) is 0 Å². The average molecular weight is 193 g/mol. The van der Waals surface area contributed by atoms with Gasteiger partial charge >= 0.3 is 0 Å². The van der Waals surface area contributed by atoms with Gasteiger partial charge in [-0.15, -0.1) is 0 Å². The SMILES string of the molecule is CCNc1ccc(CCCCO)cc1. The fourth-order valence-corrected chi connectivity index (χ4v) is 1.43. The average Bonchev–Trinajstić information content (AvgIpc) is 2.21. The number of nitrogens with one attached hydrogen (secondary N) is 1. The number of anilines is 1. The number of benzene rings is 1. The lowest BCUT2D eigenvalue weighted by Gasteiger charge is -2.04. The molecule has 1 rings (SSSR count). The summed E-state index contributed by atoms with van der Waals surface area (Å²) in [5, 5.41) is 11.9. The number of aliphatic hydroxyl groups is 1. The van der Waals surface area contributed by atoms with E-state index >= 15 is 0 Å². The summed E-state index contributed by atoms with van der Waals surface area (Å²) in [7, 11) is 0. The quantitative estimate of drug-likeness (QED) is 0.680. The molecule has 1 aromatic rings. The van der Waals surface area contributed by atoms with Gasteiger partial charge in [-0.2, -0.15) is 0 Å². The van der Waals surface area contributed by atoms with Gasteiger partial charge in [-0.25, -0.2) is 0 Å². The largest absolute Gasteiger partial charge is 0.396 e. The molecule has 14 heavy (non-hydrogen) atoms. The number of aryl methyl sites for hydroxylation is 1. The molecule has 0 aromatic heterocycles. The zero-order valence-electron chi connectivity index (χ0n) is 8.79. The zero-order chi connectivity index (χ0) is 10.2. The van der Waals surface area contributed by atoms with E-state index in [2.05, 4.69) is 36.5 Å². The molecule has 0 amide bonds. The first kappa shape index (κ1) is 11.1. The molecule has 0 aliphatic rings. The van der Waals surface area contributed by atoms with E-state index in [1.165, 1.54) is 11.3 Å². The van der Waals surface area contributed by atoms with Crippen molar-refractivity contribution in [2.24, 2.45) is 0 Å². The Morgan fingerprint density at radius 2 is 1.86 bits per heavy atom. The Morgan fingerprint density at radius 3 is 2.43 bits per heavy atom. The summed E-state index contributed by atoms with van der Waals surface area (Å²) in [6.07, 6.45) is 3.03. The zero-order valence-corrected chi connectivity index (χ0v) is 8.79. The number of aliphatic hydroxyl groups excluding tert-OH is 1. The van der Waals surface area contributed by atoms with Crippen molar-refractivity contribution in [2.45, 2.75) is 26.2 Å². The van der Waals surface area contributed by atoms with Crippen molar-refractivity contribution < 1.29 is 5.11 Å². The molecule has 0 heterocycles. The standard InChI is InChI=1S/C12H19NO/c1-2-13-12-8-6-11(7-9-12)5-3-4-10-14/h6-9,13-14H,2-5,10H2,1H3. The lowest BCUT2D eigenvalue weighted by atomic mass is 10.1. The van der Waals surface area contributed by atoms with Crippen LogP contribution in [0.25, 0.3) is 0 Å². The van der Waals surface area contributed by atoms with E-state index < -0.39 is 0 Å². The molecule has 0 radical (unpaired) electrons. The summed E-state index contributed by atoms with van der Waals surface area (Å²) in [5.74, 6) is 0. The van der Waals surface area contributed by atoms with E-state index in [4.69, 9.17) is 5.11 Å². The maximum Gasteiger partial charge on any atom is 0.0431 e. The molecular formula is C12H19NO. The van der Waals surface area contributed by atoms with Crippen molar-refractivity contribution in [3.63, 3.8) is 0 Å². The second-order valence-electron chi connectivity index (χ2n) is 3.41. The molecule has 0 saturated carbocycles. The van der Waals surface area contributed by atoms with Crippen LogP contribution in [0.2, 0.25) is 0 Å². The summed E-state index contributed by atoms with van der Waals surface area (Å²) < 4.78 is 0. The van der Waals surface area contributed by atoms with Gasteiger partial charge in [0.25, 0.3) is 0 Å². The third kappa shape index (κ3) is 3.79. The first-order valence-corrected chi connectivity index (χ1v) is 5.30. The van der Waals surface area contributed by atoms with Gasteiger partial charge in [0.1, 0.15) is 0 Å². The summed E-state index contributed by atoms with van der Waals surface area (Å²) in [6, 6.07) is 8.51. The molecule has 0 fully saturated rings. The van der Waals surface area contributed by atoms with E-state index in [9.17, 15) is 0 Å². The van der Waals surface area contributed by atoms with E-state index in [0.717, 1.165) is 25.8 Å². The molecule has 0 atom stereocenters. The maximum absolute atomic E-state index is 8.65. The molecule has 2 heteroatoms. The Hall–Kier alpha value is -1.02. The fraction of sp³-hybridized carbons (Fsp3) is 0.500. The Morgan fingerprint density at radius 1 is 1.14 bits per heavy atom. The Bertz CT molecular complexity index is 243. The van der Waals surface area contributed by atoms with Crippen LogP contribution in [0.5, 0.6) is 0 Å². The molecule has 0 aliphatic carbocycles. The fourth-order valence-electron chi connectivity index (χ4n) is 1.43. The monoisotopic (exact) mass is 193 g/mol. The lowest BCUT2D eigenvalue weighted by molar-refractivity contribution is 0.284. The predicted octanol–water partition coefficient (Wildman–Crippen LogP) is 2.43. The summed E-state index contributed by atoms with van der Waals surface area (Å²) in [6.45, 7) is 3.36. The van der Waals surface area contributed by atoms with Gasteiger partial charge in [-0.1, -0.05) is 12.1 Å². The van der Waals surface area contributed by atoms with Gasteiger partial charge in [-0.3, -0.25) is 0 Å². The summed E-state index contributed by atoms with van der Waals surface area (Å²) in [5.41, 5.74) is 2.53. The van der Waals surface area contributed by atoms with Crippen LogP contribution in [-0.2, 0) is 6.42 Å². The molecule has 0 unspecified atom stereocenters. The lowest BCUT2D eigenvalue weighted by Crippen LogP contribution is -1.96. The normalized spacial score (nSPS) is 10.1. The number of unbranched alkanes of at least 4 members (excludes halogenated alkanes) is 1. The van der Waals surface area contributed by atoms with Crippen molar-refractivity contribution in [1.29, 1.82) is 0 Å². The van der Waals surface area contributed by atoms with Crippen LogP contribution >= 0.6 is 0 Å². The van der Waals surface area contributed by atoms with Gasteiger partial charge in [0.15, 0.2) is 0 Å². The molecule has 2 N–H and O–H groups in total. The minimum absolute atomic E-state index is 0.301. The van der Waals surface area contributed by atoms with Gasteiger partial charge in [0.2, 0.25) is 0 Å². The van der Waals surface area contributed by atoms with Gasteiger partial charge < -0.3 is 10.4 Å². The molecule has 2 nitrogen and oxygen atoms in total. The van der Waals surface area contributed by atoms with Crippen molar-refractivity contribution in [3.8, 4) is 0 Å². The third-order valence-corrected chi connectivity index (χ3v) is 2.21. The van der Waals surface area contributed by atoms with Crippen LogP contribution < -0.4 is 5.32 Å². The Kier molecular flexibility index (Phi) is 5.08. The van der Waals surface area contributed by atoms with Gasteiger partial charge in [0, 0.05) is 18.8 Å². The first-order chi connectivity index (χ1) is 6.86. The van der Waals surface area contributed by atoms with Crippen molar-refractivity contribution in [2.75, 3.05) is 18.5 Å². The van der Waals surface area contributed by atoms with Gasteiger partial charge in [0.05, 0.1) is 0 Å². The highest BCUT2D eigenvalue weighted by Crippen LogP contribution is 2.11. The van der Waals surface area contributed by atoms with Crippen LogP contribution in [0, 0.1) is 0 Å². The van der Waals surface area contributed by atoms with E-state index in [1.807, 2.05) is 0 Å². The highest BCUT2D eigenvalue weighted by molar-refractivity contribution is 5.44. The molecule has 0 saturated heterocycles. The van der Waals surface area contributed by atoms with E-state index in [1.54, 1.807) is 0 Å². The molecule has 1 aromatic carbocycles. The third-order valence-electron chi connectivity index (χ3n) is 2.21.